The maximum absolute atomic E-state index is 12.1. The quantitative estimate of drug-likeness (QED) is 0.615. The SMILES string of the molecule is C#CP(=O)(O)OC[C@H]1O[C@@H](n2cc(C)c(=O)[nH]c2=O)CC1C(C)(C)C. The van der Waals surface area contributed by atoms with Gasteiger partial charge in [-0.2, -0.15) is 0 Å². The molecule has 1 aromatic heterocycles. The normalized spacial score (nSPS) is 26.2. The van der Waals surface area contributed by atoms with Crippen LogP contribution in [0.2, 0.25) is 0 Å². The van der Waals surface area contributed by atoms with Crippen LogP contribution in [-0.2, 0) is 13.8 Å². The second kappa shape index (κ2) is 6.93. The molecule has 9 heteroatoms. The molecule has 4 atom stereocenters. The number of hydrogen-bond acceptors (Lipinski definition) is 5. The molecule has 0 aromatic carbocycles. The zero-order valence-corrected chi connectivity index (χ0v) is 15.6. The van der Waals surface area contributed by atoms with E-state index in [0.29, 0.717) is 12.0 Å². The third kappa shape index (κ3) is 4.50. The molecule has 2 N–H and O–H groups in total. The van der Waals surface area contributed by atoms with Gasteiger partial charge in [-0.25, -0.2) is 9.36 Å². The minimum absolute atomic E-state index is 0.0468. The molecule has 1 aliphatic rings. The minimum atomic E-state index is -4.09. The molecule has 138 valence electrons. The lowest BCUT2D eigenvalue weighted by Crippen LogP contribution is -2.33. The van der Waals surface area contributed by atoms with Crippen LogP contribution in [0.3, 0.4) is 0 Å². The fourth-order valence-corrected chi connectivity index (χ4v) is 3.40. The first-order chi connectivity index (χ1) is 11.4. The third-order valence-electron chi connectivity index (χ3n) is 4.38. The van der Waals surface area contributed by atoms with E-state index in [1.165, 1.54) is 10.8 Å². The van der Waals surface area contributed by atoms with Crippen molar-refractivity contribution in [3.63, 3.8) is 0 Å². The first-order valence-electron chi connectivity index (χ1n) is 7.87. The van der Waals surface area contributed by atoms with E-state index in [1.807, 2.05) is 20.8 Å². The number of rotatable bonds is 4. The Labute approximate surface area is 145 Å². The van der Waals surface area contributed by atoms with Gasteiger partial charge in [0.2, 0.25) is 0 Å². The van der Waals surface area contributed by atoms with Crippen molar-refractivity contribution >= 4 is 7.60 Å². The van der Waals surface area contributed by atoms with Crippen LogP contribution in [0.25, 0.3) is 0 Å². The molecule has 2 heterocycles. The summed E-state index contributed by atoms with van der Waals surface area (Å²) < 4.78 is 23.7. The van der Waals surface area contributed by atoms with Gasteiger partial charge in [-0.3, -0.25) is 18.9 Å². The van der Waals surface area contributed by atoms with Crippen LogP contribution in [-0.4, -0.2) is 27.2 Å². The summed E-state index contributed by atoms with van der Waals surface area (Å²) in [4.78, 5) is 35.3. The highest BCUT2D eigenvalue weighted by atomic mass is 31.2. The summed E-state index contributed by atoms with van der Waals surface area (Å²) in [5.74, 6) is -0.0468. The van der Waals surface area contributed by atoms with Crippen LogP contribution in [0, 0.1) is 30.3 Å². The van der Waals surface area contributed by atoms with E-state index in [1.54, 1.807) is 12.6 Å². The highest BCUT2D eigenvalue weighted by molar-refractivity contribution is 7.58. The zero-order chi connectivity index (χ0) is 19.0. The first-order valence-corrected chi connectivity index (χ1v) is 9.45. The van der Waals surface area contributed by atoms with E-state index in [9.17, 15) is 19.0 Å². The van der Waals surface area contributed by atoms with Crippen LogP contribution in [0.4, 0.5) is 0 Å². The molecule has 0 bridgehead atoms. The maximum atomic E-state index is 12.1. The number of aryl methyl sites for hydroxylation is 1. The minimum Gasteiger partial charge on any atom is -0.352 e. The molecule has 1 aliphatic heterocycles. The lowest BCUT2D eigenvalue weighted by molar-refractivity contribution is -0.0381. The van der Waals surface area contributed by atoms with Crippen LogP contribution in [0.15, 0.2) is 15.8 Å². The molecule has 1 aromatic rings. The number of terminal acetylenes is 1. The molecular weight excluding hydrogens is 347 g/mol. The Bertz CT molecular complexity index is 844. The molecule has 2 rings (SSSR count). The number of aromatic nitrogens is 2. The molecule has 2 unspecified atom stereocenters. The highest BCUT2D eigenvalue weighted by Crippen LogP contribution is 2.46. The van der Waals surface area contributed by atoms with E-state index in [-0.39, 0.29) is 17.9 Å². The summed E-state index contributed by atoms with van der Waals surface area (Å²) >= 11 is 0. The molecule has 0 aliphatic carbocycles. The summed E-state index contributed by atoms with van der Waals surface area (Å²) in [6.45, 7) is 7.47. The number of ether oxygens (including phenoxy) is 1. The Morgan fingerprint density at radius 2 is 2.16 bits per heavy atom. The molecule has 0 amide bonds. The van der Waals surface area contributed by atoms with Crippen LogP contribution < -0.4 is 11.2 Å². The average molecular weight is 370 g/mol. The van der Waals surface area contributed by atoms with Gasteiger partial charge >= 0.3 is 13.3 Å². The van der Waals surface area contributed by atoms with Gasteiger partial charge in [0.15, 0.2) is 0 Å². The Morgan fingerprint density at radius 3 is 2.72 bits per heavy atom. The topological polar surface area (TPSA) is 111 Å². The van der Waals surface area contributed by atoms with Crippen molar-refractivity contribution in [2.24, 2.45) is 11.3 Å². The molecule has 0 radical (unpaired) electrons. The molecular formula is C16H23N2O6P. The van der Waals surface area contributed by atoms with E-state index < -0.39 is 31.2 Å². The van der Waals surface area contributed by atoms with Crippen molar-refractivity contribution in [3.8, 4) is 12.1 Å². The molecule has 8 nitrogen and oxygen atoms in total. The van der Waals surface area contributed by atoms with Gasteiger partial charge in [-0.05, 0) is 24.7 Å². The number of nitrogens with zero attached hydrogens (tertiary/aromatic N) is 1. The predicted octanol–water partition coefficient (Wildman–Crippen LogP) is 1.59. The predicted molar refractivity (Wildman–Crippen MR) is 92.1 cm³/mol. The fraction of sp³-hybridized carbons (Fsp3) is 0.625. The smallest absolute Gasteiger partial charge is 0.352 e. The number of H-pyrrole nitrogens is 1. The maximum Gasteiger partial charge on any atom is 0.402 e. The van der Waals surface area contributed by atoms with Gasteiger partial charge in [0, 0.05) is 17.4 Å². The number of hydrogen-bond donors (Lipinski definition) is 2. The Hall–Kier alpha value is -1.65. The Balaban J connectivity index is 2.29. The van der Waals surface area contributed by atoms with E-state index >= 15 is 0 Å². The molecule has 1 fully saturated rings. The Kier molecular flexibility index (Phi) is 5.45. The molecule has 0 saturated carbocycles. The van der Waals surface area contributed by atoms with E-state index in [4.69, 9.17) is 15.7 Å². The van der Waals surface area contributed by atoms with Gasteiger partial charge in [-0.15, -0.1) is 6.42 Å². The molecule has 25 heavy (non-hydrogen) atoms. The lowest BCUT2D eigenvalue weighted by Gasteiger charge is -2.30. The van der Waals surface area contributed by atoms with E-state index in [0.717, 1.165) is 0 Å². The zero-order valence-electron chi connectivity index (χ0n) is 14.7. The standard InChI is InChI=1S/C16H23N2O6P/c1-6-25(21,22)23-9-12-11(16(3,4)5)7-13(24-12)18-8-10(2)14(19)17-15(18)20/h1,8,11-13H,7,9H2,2-5H3,(H,21,22)(H,17,19,20)/t11?,12-,13-/m1/s1. The van der Waals surface area contributed by atoms with Crippen molar-refractivity contribution < 1.29 is 18.7 Å². The summed E-state index contributed by atoms with van der Waals surface area (Å²) in [6, 6.07) is 0. The highest BCUT2D eigenvalue weighted by Gasteiger charge is 2.43. The van der Waals surface area contributed by atoms with Crippen molar-refractivity contribution in [1.29, 1.82) is 0 Å². The fourth-order valence-electron chi connectivity index (χ4n) is 2.98. The van der Waals surface area contributed by atoms with Crippen LogP contribution >= 0.6 is 7.60 Å². The third-order valence-corrected chi connectivity index (χ3v) is 5.21. The first kappa shape index (κ1) is 19.7. The van der Waals surface area contributed by atoms with Gasteiger partial charge in [0.25, 0.3) is 5.56 Å². The van der Waals surface area contributed by atoms with Gasteiger partial charge in [0.05, 0.1) is 12.7 Å². The van der Waals surface area contributed by atoms with Gasteiger partial charge in [0.1, 0.15) is 6.23 Å². The second-order valence-electron chi connectivity index (χ2n) is 7.26. The summed E-state index contributed by atoms with van der Waals surface area (Å²) in [5.41, 5.74) is 0.912. The van der Waals surface area contributed by atoms with E-state index in [2.05, 4.69) is 4.98 Å². The number of nitrogens with one attached hydrogen (secondary N) is 1. The van der Waals surface area contributed by atoms with Crippen molar-refractivity contribution in [2.45, 2.75) is 46.4 Å². The largest absolute Gasteiger partial charge is 0.402 e. The summed E-state index contributed by atoms with van der Waals surface area (Å²) in [7, 11) is -4.09. The molecule has 0 spiro atoms. The van der Waals surface area contributed by atoms with Crippen LogP contribution in [0.1, 0.15) is 39.0 Å². The van der Waals surface area contributed by atoms with Gasteiger partial charge in [-0.1, -0.05) is 20.8 Å². The van der Waals surface area contributed by atoms with Crippen molar-refractivity contribution in [1.82, 2.24) is 9.55 Å². The summed E-state index contributed by atoms with van der Waals surface area (Å²) in [6.07, 6.45) is 5.80. The average Bonchev–Trinajstić information content (AvgIpc) is 2.93. The Morgan fingerprint density at radius 1 is 1.52 bits per heavy atom. The molecule has 1 saturated heterocycles. The lowest BCUT2D eigenvalue weighted by atomic mass is 9.76. The second-order valence-corrected chi connectivity index (χ2v) is 8.82. The number of aromatic amines is 1. The van der Waals surface area contributed by atoms with Crippen LogP contribution in [0.5, 0.6) is 0 Å². The monoisotopic (exact) mass is 370 g/mol. The van der Waals surface area contributed by atoms with Crippen molar-refractivity contribution in [3.05, 3.63) is 32.6 Å². The van der Waals surface area contributed by atoms with Gasteiger partial charge < -0.3 is 9.63 Å². The van der Waals surface area contributed by atoms with Crippen molar-refractivity contribution in [2.75, 3.05) is 6.61 Å². The summed E-state index contributed by atoms with van der Waals surface area (Å²) in [5, 5.41) is 0.